The van der Waals surface area contributed by atoms with E-state index in [0.717, 1.165) is 31.2 Å². The molecule has 0 saturated carbocycles. The van der Waals surface area contributed by atoms with Gasteiger partial charge in [-0.15, -0.1) is 0 Å². The van der Waals surface area contributed by atoms with Gasteiger partial charge >= 0.3 is 0 Å². The average molecular weight is 431 g/mol. The summed E-state index contributed by atoms with van der Waals surface area (Å²) in [6, 6.07) is 14.1. The molecule has 1 fully saturated rings. The fraction of sp³-hybridized carbons (Fsp3) is 0.435. The van der Waals surface area contributed by atoms with Crippen LogP contribution < -0.4 is 4.74 Å². The summed E-state index contributed by atoms with van der Waals surface area (Å²) in [5.41, 5.74) is 1.26. The molecule has 0 spiro atoms. The van der Waals surface area contributed by atoms with Gasteiger partial charge in [-0.2, -0.15) is 4.31 Å². The molecule has 2 aromatic carbocycles. The summed E-state index contributed by atoms with van der Waals surface area (Å²) < 4.78 is 33.2. The van der Waals surface area contributed by atoms with E-state index in [1.54, 1.807) is 12.1 Å². The van der Waals surface area contributed by atoms with Crippen LogP contribution in [0.25, 0.3) is 0 Å². The van der Waals surface area contributed by atoms with Crippen LogP contribution in [0.4, 0.5) is 0 Å². The molecule has 162 valence electrons. The zero-order valence-corrected chi connectivity index (χ0v) is 18.5. The number of methoxy groups -OCH3 is 1. The van der Waals surface area contributed by atoms with E-state index in [-0.39, 0.29) is 23.1 Å². The van der Waals surface area contributed by atoms with Crippen LogP contribution in [0.3, 0.4) is 0 Å². The van der Waals surface area contributed by atoms with Gasteiger partial charge in [-0.25, -0.2) is 8.42 Å². The fourth-order valence-electron chi connectivity index (χ4n) is 3.74. The molecule has 0 unspecified atom stereocenters. The SMILES string of the molecule is COc1ccc(C(=O)N2CCCCCCC2)cc1S(=O)(=O)N(C)Cc1ccccc1. The molecule has 0 radical (unpaired) electrons. The number of ether oxygens (including phenoxy) is 1. The van der Waals surface area contributed by atoms with Crippen molar-refractivity contribution in [3.63, 3.8) is 0 Å². The first-order valence-corrected chi connectivity index (χ1v) is 11.8. The Morgan fingerprint density at radius 3 is 2.27 bits per heavy atom. The van der Waals surface area contributed by atoms with Crippen LogP contribution in [-0.2, 0) is 16.6 Å². The summed E-state index contributed by atoms with van der Waals surface area (Å²) in [5.74, 6) is 0.112. The van der Waals surface area contributed by atoms with Crippen molar-refractivity contribution in [1.82, 2.24) is 9.21 Å². The number of sulfonamides is 1. The monoisotopic (exact) mass is 430 g/mol. The van der Waals surface area contributed by atoms with Gasteiger partial charge in [-0.05, 0) is 36.6 Å². The molecule has 1 saturated heterocycles. The molecular formula is C23H30N2O4S. The number of hydrogen-bond acceptors (Lipinski definition) is 4. The molecule has 0 aliphatic carbocycles. The summed E-state index contributed by atoms with van der Waals surface area (Å²) in [6.07, 6.45) is 5.41. The molecule has 0 aromatic heterocycles. The van der Waals surface area contributed by atoms with Gasteiger partial charge in [-0.1, -0.05) is 49.6 Å². The Balaban J connectivity index is 1.88. The van der Waals surface area contributed by atoms with Crippen molar-refractivity contribution in [2.75, 3.05) is 27.2 Å². The first kappa shape index (κ1) is 22.3. The van der Waals surface area contributed by atoms with E-state index in [0.29, 0.717) is 18.7 Å². The Hall–Kier alpha value is -2.38. The van der Waals surface area contributed by atoms with Crippen LogP contribution in [0, 0.1) is 0 Å². The predicted molar refractivity (Wildman–Crippen MR) is 117 cm³/mol. The third kappa shape index (κ3) is 5.21. The standard InChI is InChI=1S/C23H30N2O4S/c1-24(18-19-11-7-6-8-12-19)30(27,28)22-17-20(13-14-21(22)29-2)23(26)25-15-9-4-3-5-10-16-25/h6-8,11-14,17H,3-5,9-10,15-16,18H2,1-2H3. The lowest BCUT2D eigenvalue weighted by Crippen LogP contribution is -2.34. The van der Waals surface area contributed by atoms with E-state index in [4.69, 9.17) is 4.74 Å². The number of rotatable bonds is 6. The van der Waals surface area contributed by atoms with Gasteiger partial charge in [0.05, 0.1) is 7.11 Å². The lowest BCUT2D eigenvalue weighted by molar-refractivity contribution is 0.0742. The molecule has 30 heavy (non-hydrogen) atoms. The highest BCUT2D eigenvalue weighted by Gasteiger charge is 2.27. The quantitative estimate of drug-likeness (QED) is 0.697. The second-order valence-electron chi connectivity index (χ2n) is 7.67. The number of likely N-dealkylation sites (tertiary alicyclic amines) is 1. The number of carbonyl (C=O) groups excluding carboxylic acids is 1. The zero-order chi connectivity index (χ0) is 21.6. The molecular weight excluding hydrogens is 400 g/mol. The van der Waals surface area contributed by atoms with Gasteiger partial charge < -0.3 is 9.64 Å². The van der Waals surface area contributed by atoms with Crippen LogP contribution in [0.5, 0.6) is 5.75 Å². The van der Waals surface area contributed by atoms with Crippen LogP contribution in [-0.4, -0.2) is 50.8 Å². The lowest BCUT2D eigenvalue weighted by Gasteiger charge is -2.25. The molecule has 2 aromatic rings. The lowest BCUT2D eigenvalue weighted by atomic mass is 10.1. The van der Waals surface area contributed by atoms with E-state index in [1.165, 1.54) is 30.9 Å². The first-order chi connectivity index (χ1) is 14.4. The second-order valence-corrected chi connectivity index (χ2v) is 9.69. The van der Waals surface area contributed by atoms with Crippen molar-refractivity contribution in [3.05, 3.63) is 59.7 Å². The van der Waals surface area contributed by atoms with Gasteiger partial charge in [0.25, 0.3) is 5.91 Å². The smallest absolute Gasteiger partial charge is 0.253 e. The minimum Gasteiger partial charge on any atom is -0.495 e. The Morgan fingerprint density at radius 2 is 1.63 bits per heavy atom. The maximum absolute atomic E-state index is 13.3. The van der Waals surface area contributed by atoms with Crippen molar-refractivity contribution in [1.29, 1.82) is 0 Å². The minimum absolute atomic E-state index is 0.0151. The van der Waals surface area contributed by atoms with Crippen molar-refractivity contribution in [2.24, 2.45) is 0 Å². The molecule has 1 heterocycles. The van der Waals surface area contributed by atoms with E-state index in [9.17, 15) is 13.2 Å². The van der Waals surface area contributed by atoms with Crippen LogP contribution in [0.15, 0.2) is 53.4 Å². The summed E-state index contributed by atoms with van der Waals surface area (Å²) in [7, 11) is -0.870. The largest absolute Gasteiger partial charge is 0.495 e. The van der Waals surface area contributed by atoms with Crippen molar-refractivity contribution >= 4 is 15.9 Å². The highest BCUT2D eigenvalue weighted by atomic mass is 32.2. The summed E-state index contributed by atoms with van der Waals surface area (Å²) in [4.78, 5) is 14.9. The maximum atomic E-state index is 13.3. The Kier molecular flexibility index (Phi) is 7.50. The third-order valence-corrected chi connectivity index (χ3v) is 7.31. The minimum atomic E-state index is -3.84. The van der Waals surface area contributed by atoms with E-state index in [2.05, 4.69) is 0 Å². The van der Waals surface area contributed by atoms with Gasteiger partial charge in [0.2, 0.25) is 10.0 Å². The normalized spacial score (nSPS) is 15.5. The fourth-order valence-corrected chi connectivity index (χ4v) is 5.07. The van der Waals surface area contributed by atoms with Crippen LogP contribution >= 0.6 is 0 Å². The van der Waals surface area contributed by atoms with E-state index >= 15 is 0 Å². The number of nitrogens with zero attached hydrogens (tertiary/aromatic N) is 2. The number of carbonyl (C=O) groups is 1. The molecule has 7 heteroatoms. The predicted octanol–water partition coefficient (Wildman–Crippen LogP) is 3.92. The molecule has 1 aliphatic rings. The van der Waals surface area contributed by atoms with Crippen molar-refractivity contribution in [2.45, 2.75) is 43.5 Å². The van der Waals surface area contributed by atoms with E-state index in [1.807, 2.05) is 35.2 Å². The van der Waals surface area contributed by atoms with Crippen LogP contribution in [0.1, 0.15) is 48.0 Å². The Labute approximate surface area is 179 Å². The first-order valence-electron chi connectivity index (χ1n) is 10.4. The van der Waals surface area contributed by atoms with Gasteiger partial charge in [-0.3, -0.25) is 4.79 Å². The van der Waals surface area contributed by atoms with Gasteiger partial charge in [0, 0.05) is 32.2 Å². The summed E-state index contributed by atoms with van der Waals surface area (Å²) >= 11 is 0. The third-order valence-electron chi connectivity index (χ3n) is 5.49. The zero-order valence-electron chi connectivity index (χ0n) is 17.7. The molecule has 1 amide bonds. The molecule has 0 bridgehead atoms. The topological polar surface area (TPSA) is 66.9 Å². The second kappa shape index (κ2) is 10.1. The number of amides is 1. The van der Waals surface area contributed by atoms with Gasteiger partial charge in [0.15, 0.2) is 0 Å². The molecule has 0 atom stereocenters. The molecule has 3 rings (SSSR count). The molecule has 6 nitrogen and oxygen atoms in total. The average Bonchev–Trinajstić information content (AvgIpc) is 2.73. The highest BCUT2D eigenvalue weighted by Crippen LogP contribution is 2.29. The van der Waals surface area contributed by atoms with Crippen molar-refractivity contribution < 1.29 is 17.9 Å². The number of benzene rings is 2. The summed E-state index contributed by atoms with van der Waals surface area (Å²) in [6.45, 7) is 1.65. The highest BCUT2D eigenvalue weighted by molar-refractivity contribution is 7.89. The Bertz CT molecular complexity index is 952. The molecule has 0 N–H and O–H groups in total. The van der Waals surface area contributed by atoms with E-state index < -0.39 is 10.0 Å². The number of hydrogen-bond donors (Lipinski definition) is 0. The maximum Gasteiger partial charge on any atom is 0.253 e. The van der Waals surface area contributed by atoms with Crippen molar-refractivity contribution in [3.8, 4) is 5.75 Å². The van der Waals surface area contributed by atoms with Gasteiger partial charge in [0.1, 0.15) is 10.6 Å². The Morgan fingerprint density at radius 1 is 1.00 bits per heavy atom. The molecule has 1 aliphatic heterocycles. The van der Waals surface area contributed by atoms with Crippen LogP contribution in [0.2, 0.25) is 0 Å². The summed E-state index contributed by atoms with van der Waals surface area (Å²) in [5, 5.41) is 0.